The molecule has 0 aromatic heterocycles. The first-order chi connectivity index (χ1) is 18.2. The third-order valence-corrected chi connectivity index (χ3v) is 4.70. The molecule has 38 heavy (non-hydrogen) atoms. The van der Waals surface area contributed by atoms with Crippen molar-refractivity contribution in [3.63, 3.8) is 0 Å². The molecular formula is C25H28N4O9. The van der Waals surface area contributed by atoms with Gasteiger partial charge in [0.15, 0.2) is 0 Å². The molecule has 13 nitrogen and oxygen atoms in total. The molecule has 1 heterocycles. The van der Waals surface area contributed by atoms with Gasteiger partial charge in [-0.05, 0) is 62.4 Å². The first-order valence-electron chi connectivity index (χ1n) is 11.6. The van der Waals surface area contributed by atoms with Crippen molar-refractivity contribution in [3.8, 4) is 11.5 Å². The van der Waals surface area contributed by atoms with Crippen LogP contribution in [0.5, 0.6) is 11.5 Å². The van der Waals surface area contributed by atoms with Crippen molar-refractivity contribution >= 4 is 35.9 Å². The molecule has 1 aliphatic rings. The molecule has 0 bridgehead atoms. The van der Waals surface area contributed by atoms with Gasteiger partial charge in [0, 0.05) is 44.1 Å². The van der Waals surface area contributed by atoms with E-state index in [4.69, 9.17) is 9.47 Å². The van der Waals surface area contributed by atoms with Crippen LogP contribution in [0.25, 0.3) is 0 Å². The number of hydrogen-bond acceptors (Lipinski definition) is 9. The molecule has 3 rings (SSSR count). The van der Waals surface area contributed by atoms with E-state index in [9.17, 15) is 28.8 Å². The van der Waals surface area contributed by atoms with Crippen LogP contribution in [0, 0.1) is 0 Å². The number of imide groups is 1. The minimum absolute atomic E-state index is 0.00729. The number of hydrogen-bond donors (Lipinski definition) is 3. The van der Waals surface area contributed by atoms with Crippen LogP contribution in [0.1, 0.15) is 47.4 Å². The monoisotopic (exact) mass is 528 g/mol. The fourth-order valence-electron chi connectivity index (χ4n) is 2.88. The zero-order valence-corrected chi connectivity index (χ0v) is 21.1. The molecule has 1 aliphatic heterocycles. The number of hydroxylamine groups is 2. The second-order valence-corrected chi connectivity index (χ2v) is 7.43. The molecule has 3 N–H and O–H groups in total. The number of amides is 5. The van der Waals surface area contributed by atoms with Crippen LogP contribution < -0.4 is 25.4 Å². The molecule has 202 valence electrons. The maximum Gasteiger partial charge on any atom is 0.539 e. The van der Waals surface area contributed by atoms with E-state index in [1.807, 2.05) is 6.92 Å². The molecule has 2 aromatic carbocycles. The molecule has 0 atom stereocenters. The Morgan fingerprint density at radius 1 is 0.737 bits per heavy atom. The predicted molar refractivity (Wildman–Crippen MR) is 132 cm³/mol. The van der Waals surface area contributed by atoms with E-state index >= 15 is 0 Å². The quantitative estimate of drug-likeness (QED) is 0.277. The van der Waals surface area contributed by atoms with Gasteiger partial charge in [-0.1, -0.05) is 5.06 Å². The lowest BCUT2D eigenvalue weighted by Gasteiger charge is -2.12. The summed E-state index contributed by atoms with van der Waals surface area (Å²) in [5, 5.41) is 8.03. The normalized spacial score (nSPS) is 12.0. The summed E-state index contributed by atoms with van der Waals surface area (Å²) < 4.78 is 9.71. The number of benzene rings is 2. The Balaban J connectivity index is 0.000000281. The van der Waals surface area contributed by atoms with Gasteiger partial charge >= 0.3 is 12.2 Å². The van der Waals surface area contributed by atoms with Crippen LogP contribution >= 0.6 is 0 Å². The summed E-state index contributed by atoms with van der Waals surface area (Å²) in [5.41, 5.74) is 0.943. The van der Waals surface area contributed by atoms with Gasteiger partial charge in [-0.25, -0.2) is 9.59 Å². The molecule has 0 unspecified atom stereocenters. The minimum Gasteiger partial charge on any atom is -0.410 e. The second kappa shape index (κ2) is 14.6. The van der Waals surface area contributed by atoms with Crippen molar-refractivity contribution in [2.24, 2.45) is 0 Å². The highest BCUT2D eigenvalue weighted by Crippen LogP contribution is 2.16. The van der Waals surface area contributed by atoms with Gasteiger partial charge in [0.25, 0.3) is 23.6 Å². The number of carbonyl (C=O) groups is 6. The van der Waals surface area contributed by atoms with Crippen molar-refractivity contribution in [2.45, 2.75) is 26.7 Å². The number of carbonyl (C=O) groups excluding carboxylic acids is 6. The minimum atomic E-state index is -1.20. The van der Waals surface area contributed by atoms with Gasteiger partial charge in [0.1, 0.15) is 11.5 Å². The lowest BCUT2D eigenvalue weighted by molar-refractivity contribution is -0.174. The molecule has 5 amide bonds. The lowest BCUT2D eigenvalue weighted by atomic mass is 10.2. The van der Waals surface area contributed by atoms with E-state index in [2.05, 4.69) is 20.8 Å². The van der Waals surface area contributed by atoms with Gasteiger partial charge in [-0.3, -0.25) is 24.0 Å². The smallest absolute Gasteiger partial charge is 0.410 e. The molecule has 0 radical (unpaired) electrons. The van der Waals surface area contributed by atoms with Crippen molar-refractivity contribution in [1.29, 1.82) is 0 Å². The molecule has 0 aliphatic carbocycles. The average molecular weight is 529 g/mol. The Morgan fingerprint density at radius 3 is 1.55 bits per heavy atom. The van der Waals surface area contributed by atoms with Crippen LogP contribution in [0.2, 0.25) is 0 Å². The summed E-state index contributed by atoms with van der Waals surface area (Å²) in [5.74, 6) is -1.05. The summed E-state index contributed by atoms with van der Waals surface area (Å²) in [4.78, 5) is 72.5. The third kappa shape index (κ3) is 8.93. The zero-order valence-electron chi connectivity index (χ0n) is 21.1. The second-order valence-electron chi connectivity index (χ2n) is 7.43. The van der Waals surface area contributed by atoms with Crippen LogP contribution in [-0.4, -0.2) is 61.1 Å². The predicted octanol–water partition coefficient (Wildman–Crippen LogP) is 2.17. The first kappa shape index (κ1) is 29.3. The molecule has 13 heteroatoms. The number of nitrogens with one attached hydrogen (secondary N) is 3. The summed E-state index contributed by atoms with van der Waals surface area (Å²) in [6.07, 6.45) is -1.72. The summed E-state index contributed by atoms with van der Waals surface area (Å²) >= 11 is 0. The highest BCUT2D eigenvalue weighted by molar-refractivity contribution is 6.01. The summed E-state index contributed by atoms with van der Waals surface area (Å²) in [6, 6.07) is 12.1. The van der Waals surface area contributed by atoms with Crippen molar-refractivity contribution < 1.29 is 43.1 Å². The molecule has 1 saturated heterocycles. The van der Waals surface area contributed by atoms with Crippen LogP contribution in [-0.2, 0) is 14.4 Å². The van der Waals surface area contributed by atoms with Gasteiger partial charge in [-0.2, -0.15) is 0 Å². The highest BCUT2D eigenvalue weighted by Gasteiger charge is 2.33. The van der Waals surface area contributed by atoms with Crippen LogP contribution in [0.4, 0.5) is 9.59 Å². The van der Waals surface area contributed by atoms with E-state index in [0.29, 0.717) is 35.0 Å². The average Bonchev–Trinajstić information content (AvgIpc) is 3.22. The number of rotatable bonds is 7. The summed E-state index contributed by atoms with van der Waals surface area (Å²) in [6.45, 7) is 4.73. The topological polar surface area (TPSA) is 169 Å². The maximum atomic E-state index is 11.6. The van der Waals surface area contributed by atoms with E-state index in [0.717, 1.165) is 0 Å². The van der Waals surface area contributed by atoms with E-state index < -0.39 is 24.1 Å². The van der Waals surface area contributed by atoms with Crippen molar-refractivity contribution in [1.82, 2.24) is 21.0 Å². The van der Waals surface area contributed by atoms with Gasteiger partial charge in [0.2, 0.25) is 0 Å². The largest absolute Gasteiger partial charge is 0.539 e. The number of ether oxygens (including phenoxy) is 2. The molecule has 1 fully saturated rings. The Labute approximate surface area is 218 Å². The standard InChI is InChI=1S/C14H14N2O6.C11H14N2O3/c1-2-15-13(19)9-3-5-10(6-4-9)21-14(20)22-16-11(17)7-8-12(16)18;1-3-13-10(14)8-4-6-9(7-5-8)16-11(15)12-2/h3-6H,2,7-8H2,1H3,(H,15,19);4-7H,3H2,1-2H3,(H,12,15)(H,13,14). The van der Waals surface area contributed by atoms with Crippen molar-refractivity contribution in [2.75, 3.05) is 20.1 Å². The molecule has 2 aromatic rings. The third-order valence-electron chi connectivity index (χ3n) is 4.70. The van der Waals surface area contributed by atoms with Gasteiger partial charge in [-0.15, -0.1) is 0 Å². The Hall–Kier alpha value is -4.94. The SMILES string of the molecule is CCNC(=O)c1ccc(OC(=O)NC)cc1.CCNC(=O)c1ccc(OC(=O)ON2C(=O)CCC2=O)cc1. The lowest BCUT2D eigenvalue weighted by Crippen LogP contribution is -2.33. The van der Waals surface area contributed by atoms with E-state index in [1.54, 1.807) is 31.2 Å². The van der Waals surface area contributed by atoms with E-state index in [1.165, 1.54) is 31.3 Å². The van der Waals surface area contributed by atoms with Crippen LogP contribution in [0.3, 0.4) is 0 Å². The molecular weight excluding hydrogens is 500 g/mol. The van der Waals surface area contributed by atoms with Gasteiger partial charge in [0.05, 0.1) is 0 Å². The summed E-state index contributed by atoms with van der Waals surface area (Å²) in [7, 11) is 1.48. The Morgan fingerprint density at radius 2 is 1.16 bits per heavy atom. The Bertz CT molecular complexity index is 1150. The van der Waals surface area contributed by atoms with Crippen molar-refractivity contribution in [3.05, 3.63) is 59.7 Å². The van der Waals surface area contributed by atoms with Gasteiger partial charge < -0.3 is 25.4 Å². The zero-order chi connectivity index (χ0) is 28.1. The number of nitrogens with zero attached hydrogens (tertiary/aromatic N) is 1. The fourth-order valence-corrected chi connectivity index (χ4v) is 2.88. The van der Waals surface area contributed by atoms with Crippen LogP contribution in [0.15, 0.2) is 48.5 Å². The molecule has 0 spiro atoms. The Kier molecular flexibility index (Phi) is 11.2. The molecule has 0 saturated carbocycles. The van der Waals surface area contributed by atoms with E-state index in [-0.39, 0.29) is 30.4 Å². The first-order valence-corrected chi connectivity index (χ1v) is 11.6. The maximum absolute atomic E-state index is 11.6. The fraction of sp³-hybridized carbons (Fsp3) is 0.280. The highest BCUT2D eigenvalue weighted by atomic mass is 16.8.